The van der Waals surface area contributed by atoms with Crippen molar-refractivity contribution in [3.05, 3.63) is 60.2 Å². The second-order valence-electron chi connectivity index (χ2n) is 7.51. The number of anilines is 1. The van der Waals surface area contributed by atoms with Crippen LogP contribution in [0.3, 0.4) is 0 Å². The second-order valence-corrected chi connectivity index (χ2v) is 7.51. The molecule has 2 aromatic rings. The van der Waals surface area contributed by atoms with Crippen LogP contribution in [0.2, 0.25) is 0 Å². The molecule has 0 fully saturated rings. The molecule has 0 bridgehead atoms. The van der Waals surface area contributed by atoms with Crippen LogP contribution in [0.4, 0.5) is 10.5 Å². The van der Waals surface area contributed by atoms with Crippen LogP contribution in [0.1, 0.15) is 33.3 Å². The molecule has 0 saturated carbocycles. The largest absolute Gasteiger partial charge is 0.489 e. The maximum Gasteiger partial charge on any atom is 0.319 e. The van der Waals surface area contributed by atoms with E-state index in [4.69, 9.17) is 10.5 Å². The average Bonchev–Trinajstić information content (AvgIpc) is 2.64. The predicted molar refractivity (Wildman–Crippen MR) is 121 cm³/mol. The zero-order chi connectivity index (χ0) is 19.9. The Balaban J connectivity index is 0.00000392. The van der Waals surface area contributed by atoms with Crippen molar-refractivity contribution < 1.29 is 9.53 Å². The maximum absolute atomic E-state index is 11.9. The van der Waals surface area contributed by atoms with Crippen molar-refractivity contribution in [1.29, 1.82) is 0 Å². The van der Waals surface area contributed by atoms with E-state index in [1.807, 2.05) is 54.6 Å². The Morgan fingerprint density at radius 3 is 2.11 bits per heavy atom. The molecule has 0 aliphatic heterocycles. The van der Waals surface area contributed by atoms with Gasteiger partial charge >= 0.3 is 6.03 Å². The van der Waals surface area contributed by atoms with Gasteiger partial charge in [0.15, 0.2) is 0 Å². The molecule has 154 valence electrons. The van der Waals surface area contributed by atoms with E-state index in [0.717, 1.165) is 30.1 Å². The van der Waals surface area contributed by atoms with Crippen LogP contribution >= 0.6 is 17.0 Å². The van der Waals surface area contributed by atoms with Gasteiger partial charge in [-0.25, -0.2) is 4.79 Å². The van der Waals surface area contributed by atoms with E-state index in [1.165, 1.54) is 0 Å². The topological polar surface area (TPSA) is 58.8 Å². The zero-order valence-corrected chi connectivity index (χ0v) is 18.9. The Bertz CT molecular complexity index is 715. The van der Waals surface area contributed by atoms with Gasteiger partial charge in [-0.2, -0.15) is 0 Å². The summed E-state index contributed by atoms with van der Waals surface area (Å²) >= 11 is 0. The van der Waals surface area contributed by atoms with Gasteiger partial charge < -0.3 is 10.5 Å². The minimum absolute atomic E-state index is 0. The van der Waals surface area contributed by atoms with E-state index in [0.29, 0.717) is 13.2 Å². The smallest absolute Gasteiger partial charge is 0.319 e. The second kappa shape index (κ2) is 11.1. The first kappa shape index (κ1) is 24.0. The van der Waals surface area contributed by atoms with Crippen molar-refractivity contribution in [2.24, 2.45) is 5.73 Å². The molecule has 0 saturated heterocycles. The predicted octanol–water partition coefficient (Wildman–Crippen LogP) is 4.85. The summed E-state index contributed by atoms with van der Waals surface area (Å²) in [6.07, 6.45) is 0. The van der Waals surface area contributed by atoms with Crippen LogP contribution in [0.15, 0.2) is 54.6 Å². The number of nitrogens with two attached hydrogens (primary N) is 1. The highest BCUT2D eigenvalue weighted by atomic mass is 79.9. The molecule has 2 N–H and O–H groups in total. The Kier molecular flexibility index (Phi) is 9.49. The van der Waals surface area contributed by atoms with Gasteiger partial charge in [0.05, 0.1) is 0 Å². The molecule has 6 heteroatoms. The number of halogens is 1. The summed E-state index contributed by atoms with van der Waals surface area (Å²) in [5.74, 6) is 0.761. The molecule has 2 aromatic carbocycles. The minimum Gasteiger partial charge on any atom is -0.489 e. The summed E-state index contributed by atoms with van der Waals surface area (Å²) in [5.41, 5.74) is 7.55. The minimum atomic E-state index is -0.446. The number of benzene rings is 2. The van der Waals surface area contributed by atoms with Crippen LogP contribution < -0.4 is 15.4 Å². The van der Waals surface area contributed by atoms with Crippen LogP contribution in [0.25, 0.3) is 0 Å². The summed E-state index contributed by atoms with van der Waals surface area (Å²) in [5, 5.41) is 0. The zero-order valence-electron chi connectivity index (χ0n) is 17.2. The number of primary amides is 1. The third-order valence-corrected chi connectivity index (χ3v) is 4.59. The van der Waals surface area contributed by atoms with E-state index >= 15 is 0 Å². The highest BCUT2D eigenvalue weighted by Crippen LogP contribution is 2.21. The number of likely N-dealkylation sites (N-methyl/N-ethyl adjacent to an activating group) is 1. The number of rotatable bonds is 8. The molecular weight excluding hydrogens is 418 g/mol. The molecule has 0 aromatic heterocycles. The highest BCUT2D eigenvalue weighted by Gasteiger charge is 2.21. The summed E-state index contributed by atoms with van der Waals surface area (Å²) in [7, 11) is 0. The molecule has 0 spiro atoms. The van der Waals surface area contributed by atoms with Gasteiger partial charge in [0.2, 0.25) is 0 Å². The van der Waals surface area contributed by atoms with Crippen molar-refractivity contribution in [3.8, 4) is 5.75 Å². The fourth-order valence-corrected chi connectivity index (χ4v) is 3.02. The van der Waals surface area contributed by atoms with Gasteiger partial charge in [0.25, 0.3) is 0 Å². The van der Waals surface area contributed by atoms with Gasteiger partial charge in [-0.1, -0.05) is 37.3 Å². The Morgan fingerprint density at radius 2 is 1.61 bits per heavy atom. The van der Waals surface area contributed by atoms with E-state index < -0.39 is 6.03 Å². The molecule has 0 aliphatic rings. The van der Waals surface area contributed by atoms with Gasteiger partial charge in [0.1, 0.15) is 12.4 Å². The Morgan fingerprint density at radius 1 is 1.00 bits per heavy atom. The molecule has 0 aliphatic carbocycles. The van der Waals surface area contributed by atoms with Crippen molar-refractivity contribution in [3.63, 3.8) is 0 Å². The van der Waals surface area contributed by atoms with Crippen LogP contribution in [-0.2, 0) is 6.61 Å². The van der Waals surface area contributed by atoms with Crippen molar-refractivity contribution in [2.75, 3.05) is 24.5 Å². The third-order valence-electron chi connectivity index (χ3n) is 4.59. The number of hydrogen-bond donors (Lipinski definition) is 1. The molecular formula is C22H32BrN3O2. The van der Waals surface area contributed by atoms with E-state index in [2.05, 4.69) is 32.6 Å². The molecule has 0 atom stereocenters. The molecule has 5 nitrogen and oxygen atoms in total. The van der Waals surface area contributed by atoms with Crippen molar-refractivity contribution in [2.45, 2.75) is 39.8 Å². The lowest BCUT2D eigenvalue weighted by molar-refractivity contribution is 0.149. The Hall–Kier alpha value is -2.05. The lowest BCUT2D eigenvalue weighted by Crippen LogP contribution is -2.47. The van der Waals surface area contributed by atoms with E-state index in [1.54, 1.807) is 4.90 Å². The van der Waals surface area contributed by atoms with E-state index in [-0.39, 0.29) is 22.5 Å². The fraction of sp³-hybridized carbons (Fsp3) is 0.409. The molecule has 0 unspecified atom stereocenters. The first-order valence-corrected chi connectivity index (χ1v) is 9.40. The van der Waals surface area contributed by atoms with E-state index in [9.17, 15) is 4.79 Å². The molecule has 2 rings (SSSR count). The quantitative estimate of drug-likeness (QED) is 0.626. The maximum atomic E-state index is 11.9. The van der Waals surface area contributed by atoms with Gasteiger partial charge in [-0.15, -0.1) is 17.0 Å². The van der Waals surface area contributed by atoms with Gasteiger partial charge in [0, 0.05) is 24.3 Å². The summed E-state index contributed by atoms with van der Waals surface area (Å²) in [6, 6.07) is 17.1. The van der Waals surface area contributed by atoms with Gasteiger partial charge in [-0.3, -0.25) is 9.80 Å². The highest BCUT2D eigenvalue weighted by molar-refractivity contribution is 8.93. The standard InChI is InChI=1S/C22H31N3O2.BrH/c1-5-24(22(2,3)4)15-16-25(21(23)26)19-11-13-20(14-12-19)27-17-18-9-7-6-8-10-18;/h6-14H,5,15-17H2,1-4H3,(H2,23,26);1H. The molecule has 2 amide bonds. The fourth-order valence-electron chi connectivity index (χ4n) is 3.02. The monoisotopic (exact) mass is 449 g/mol. The summed E-state index contributed by atoms with van der Waals surface area (Å²) in [4.78, 5) is 15.9. The first-order valence-electron chi connectivity index (χ1n) is 9.40. The number of hydrogen-bond acceptors (Lipinski definition) is 3. The van der Waals surface area contributed by atoms with Crippen molar-refractivity contribution >= 4 is 28.7 Å². The lowest BCUT2D eigenvalue weighted by atomic mass is 10.1. The lowest BCUT2D eigenvalue weighted by Gasteiger charge is -2.36. The average molecular weight is 450 g/mol. The first-order chi connectivity index (χ1) is 12.8. The summed E-state index contributed by atoms with van der Waals surface area (Å²) in [6.45, 7) is 11.4. The van der Waals surface area contributed by atoms with Crippen LogP contribution in [0, 0.1) is 0 Å². The summed E-state index contributed by atoms with van der Waals surface area (Å²) < 4.78 is 5.80. The third kappa shape index (κ3) is 7.17. The van der Waals surface area contributed by atoms with Crippen LogP contribution in [-0.4, -0.2) is 36.1 Å². The number of ether oxygens (including phenoxy) is 1. The number of nitrogens with zero attached hydrogens (tertiary/aromatic N) is 2. The number of carbonyl (C=O) groups excluding carboxylic acids is 1. The Labute approximate surface area is 179 Å². The molecule has 0 radical (unpaired) electrons. The van der Waals surface area contributed by atoms with Crippen molar-refractivity contribution in [1.82, 2.24) is 4.90 Å². The molecule has 28 heavy (non-hydrogen) atoms. The number of amides is 2. The normalized spacial score (nSPS) is 11.0. The number of carbonyl (C=O) groups is 1. The SMILES string of the molecule is Br.CCN(CCN(C(N)=O)c1ccc(OCc2ccccc2)cc1)C(C)(C)C. The number of urea groups is 1. The van der Waals surface area contributed by atoms with Gasteiger partial charge in [-0.05, 0) is 57.1 Å². The molecule has 0 heterocycles. The van der Waals surface area contributed by atoms with Crippen LogP contribution in [0.5, 0.6) is 5.75 Å².